The Morgan fingerprint density at radius 1 is 1.22 bits per heavy atom. The first-order chi connectivity index (χ1) is 15.2. The van der Waals surface area contributed by atoms with Crippen LogP contribution in [0.5, 0.6) is 0 Å². The largest absolute Gasteiger partial charge is 0.369 e. The van der Waals surface area contributed by atoms with Crippen molar-refractivity contribution in [2.45, 2.75) is 56.4 Å². The Morgan fingerprint density at radius 2 is 1.91 bits per heavy atom. The Morgan fingerprint density at radius 3 is 2.53 bits per heavy atom. The van der Waals surface area contributed by atoms with Gasteiger partial charge in [0.1, 0.15) is 16.9 Å². The zero-order valence-corrected chi connectivity index (χ0v) is 18.5. The number of carbonyl (C=O) groups is 1. The molecule has 0 unspecified atom stereocenters. The summed E-state index contributed by atoms with van der Waals surface area (Å²) in [6, 6.07) is 12.1. The van der Waals surface area contributed by atoms with Crippen molar-refractivity contribution < 1.29 is 22.0 Å². The number of hydrogen-bond acceptors (Lipinski definition) is 4. The van der Waals surface area contributed by atoms with Gasteiger partial charge in [-0.05, 0) is 43.9 Å². The molecule has 0 aliphatic carbocycles. The number of carbonyl (C=O) groups excluding carboxylic acids is 1. The molecule has 1 saturated heterocycles. The number of nitriles is 1. The van der Waals surface area contributed by atoms with Crippen LogP contribution in [-0.4, -0.2) is 24.7 Å². The summed E-state index contributed by atoms with van der Waals surface area (Å²) in [5, 5.41) is 7.99. The highest BCUT2D eigenvalue weighted by atomic mass is 32.2. The van der Waals surface area contributed by atoms with Gasteiger partial charge in [-0.25, -0.2) is 17.2 Å². The van der Waals surface area contributed by atoms with E-state index in [2.05, 4.69) is 0 Å². The fraction of sp³-hybridized carbons (Fsp3) is 0.391. The number of nitrogens with zero attached hydrogens (tertiary/aromatic N) is 2. The van der Waals surface area contributed by atoms with Gasteiger partial charge in [0.05, 0.1) is 12.0 Å². The van der Waals surface area contributed by atoms with E-state index in [1.54, 1.807) is 37.3 Å². The molecule has 3 rings (SSSR count). The highest BCUT2D eigenvalue weighted by Crippen LogP contribution is 2.38. The molecule has 1 aliphatic heterocycles. The maximum atomic E-state index is 14.9. The predicted octanol–water partition coefficient (Wildman–Crippen LogP) is 3.89. The topological polar surface area (TPSA) is 104 Å². The zero-order valence-electron chi connectivity index (χ0n) is 17.7. The minimum Gasteiger partial charge on any atom is -0.369 e. The minimum atomic E-state index is -3.81. The van der Waals surface area contributed by atoms with Crippen LogP contribution in [0.4, 0.5) is 8.78 Å². The first-order valence-electron chi connectivity index (χ1n) is 10.4. The van der Waals surface area contributed by atoms with E-state index in [0.717, 1.165) is 12.1 Å². The second kappa shape index (κ2) is 9.76. The van der Waals surface area contributed by atoms with E-state index in [-0.39, 0.29) is 36.6 Å². The SMILES string of the molecule is C[C@H]1CC[C@H](c2ccccc2)S(=O)(=O)N1Cc1cc(F)c([C@@H](CCC#N)C(N)=O)cc1F. The van der Waals surface area contributed by atoms with Crippen molar-refractivity contribution in [2.24, 2.45) is 5.73 Å². The molecule has 2 aromatic rings. The van der Waals surface area contributed by atoms with Gasteiger partial charge in [-0.15, -0.1) is 0 Å². The molecule has 9 heteroatoms. The van der Waals surface area contributed by atoms with Crippen molar-refractivity contribution in [3.8, 4) is 6.07 Å². The van der Waals surface area contributed by atoms with Gasteiger partial charge in [0.15, 0.2) is 0 Å². The van der Waals surface area contributed by atoms with Crippen LogP contribution in [0.3, 0.4) is 0 Å². The third-order valence-corrected chi connectivity index (χ3v) is 8.32. The van der Waals surface area contributed by atoms with Gasteiger partial charge in [-0.2, -0.15) is 9.57 Å². The molecule has 0 saturated carbocycles. The lowest BCUT2D eigenvalue weighted by Gasteiger charge is -2.37. The van der Waals surface area contributed by atoms with Crippen LogP contribution in [0.25, 0.3) is 0 Å². The molecule has 1 fully saturated rings. The van der Waals surface area contributed by atoms with E-state index in [1.807, 2.05) is 6.07 Å². The third kappa shape index (κ3) is 4.81. The highest BCUT2D eigenvalue weighted by molar-refractivity contribution is 7.89. The monoisotopic (exact) mass is 461 g/mol. The number of rotatable bonds is 7. The van der Waals surface area contributed by atoms with E-state index in [1.165, 1.54) is 4.31 Å². The molecule has 1 aliphatic rings. The summed E-state index contributed by atoms with van der Waals surface area (Å²) in [6.45, 7) is 1.42. The molecule has 1 heterocycles. The lowest BCUT2D eigenvalue weighted by Crippen LogP contribution is -2.44. The molecule has 32 heavy (non-hydrogen) atoms. The van der Waals surface area contributed by atoms with Crippen molar-refractivity contribution in [1.82, 2.24) is 4.31 Å². The normalized spacial score (nSPS) is 21.6. The van der Waals surface area contributed by atoms with Crippen molar-refractivity contribution in [2.75, 3.05) is 0 Å². The van der Waals surface area contributed by atoms with E-state index < -0.39 is 38.7 Å². The predicted molar refractivity (Wildman–Crippen MR) is 115 cm³/mol. The average Bonchev–Trinajstić information content (AvgIpc) is 2.74. The average molecular weight is 462 g/mol. The Bertz CT molecular complexity index is 1130. The number of primary amides is 1. The Kier molecular flexibility index (Phi) is 7.26. The number of amides is 1. The molecule has 2 N–H and O–H groups in total. The number of sulfonamides is 1. The lowest BCUT2D eigenvalue weighted by atomic mass is 9.92. The standard InChI is InChI=1S/C23H25F2N3O3S/c1-15-9-10-22(16-6-3-2-4-7-16)32(30,31)28(15)14-17-12-21(25)19(13-20(17)24)18(23(27)29)8-5-11-26/h2-4,6-7,12-13,15,18,22H,5,8-10,14H2,1H3,(H2,27,29)/t15-,18+,22+/m0/s1. The van der Waals surface area contributed by atoms with E-state index in [0.29, 0.717) is 18.4 Å². The van der Waals surface area contributed by atoms with E-state index in [4.69, 9.17) is 11.0 Å². The summed E-state index contributed by atoms with van der Waals surface area (Å²) >= 11 is 0. The maximum Gasteiger partial charge on any atom is 0.225 e. The van der Waals surface area contributed by atoms with E-state index in [9.17, 15) is 22.0 Å². The number of halogens is 2. The van der Waals surface area contributed by atoms with Crippen LogP contribution in [0.15, 0.2) is 42.5 Å². The molecule has 0 radical (unpaired) electrons. The first kappa shape index (κ1) is 23.8. The van der Waals surface area contributed by atoms with Gasteiger partial charge in [0.2, 0.25) is 15.9 Å². The second-order valence-corrected chi connectivity index (χ2v) is 10.1. The fourth-order valence-corrected chi connectivity index (χ4v) is 6.36. The Hall–Kier alpha value is -2.83. The molecule has 0 spiro atoms. The van der Waals surface area contributed by atoms with E-state index >= 15 is 0 Å². The highest BCUT2D eigenvalue weighted by Gasteiger charge is 2.40. The molecule has 2 aromatic carbocycles. The van der Waals surface area contributed by atoms with Crippen molar-refractivity contribution in [3.63, 3.8) is 0 Å². The molecule has 170 valence electrons. The quantitative estimate of drug-likeness (QED) is 0.675. The molecule has 0 bridgehead atoms. The smallest absolute Gasteiger partial charge is 0.225 e. The summed E-state index contributed by atoms with van der Waals surface area (Å²) in [4.78, 5) is 11.7. The van der Waals surface area contributed by atoms with Crippen LogP contribution >= 0.6 is 0 Å². The van der Waals surface area contributed by atoms with Crippen molar-refractivity contribution in [3.05, 3.63) is 70.8 Å². The van der Waals surface area contributed by atoms with Gasteiger partial charge in [-0.3, -0.25) is 4.79 Å². The first-order valence-corrected chi connectivity index (χ1v) is 11.9. The molecule has 6 nitrogen and oxygen atoms in total. The number of benzene rings is 2. The Labute approximate surface area is 186 Å². The van der Waals surface area contributed by atoms with Gasteiger partial charge in [-0.1, -0.05) is 30.3 Å². The summed E-state index contributed by atoms with van der Waals surface area (Å²) in [5.41, 5.74) is 5.62. The molecule has 1 amide bonds. The molecular formula is C23H25F2N3O3S. The van der Waals surface area contributed by atoms with Gasteiger partial charge < -0.3 is 5.73 Å². The fourth-order valence-electron chi connectivity index (χ4n) is 4.17. The van der Waals surface area contributed by atoms with Crippen LogP contribution in [0.2, 0.25) is 0 Å². The van der Waals surface area contributed by atoms with Crippen LogP contribution in [0.1, 0.15) is 60.5 Å². The third-order valence-electron chi connectivity index (χ3n) is 5.95. The van der Waals surface area contributed by atoms with Gasteiger partial charge in [0.25, 0.3) is 0 Å². The van der Waals surface area contributed by atoms with Crippen molar-refractivity contribution in [1.29, 1.82) is 5.26 Å². The molecule has 3 atom stereocenters. The van der Waals surface area contributed by atoms with Crippen LogP contribution in [0, 0.1) is 23.0 Å². The molecular weight excluding hydrogens is 436 g/mol. The number of nitrogens with two attached hydrogens (primary N) is 1. The zero-order chi connectivity index (χ0) is 23.5. The second-order valence-electron chi connectivity index (χ2n) is 8.03. The maximum absolute atomic E-state index is 14.9. The Balaban J connectivity index is 1.92. The lowest BCUT2D eigenvalue weighted by molar-refractivity contribution is -0.119. The summed E-state index contributed by atoms with van der Waals surface area (Å²) in [7, 11) is -3.81. The van der Waals surface area contributed by atoms with Gasteiger partial charge >= 0.3 is 0 Å². The van der Waals surface area contributed by atoms with Crippen LogP contribution in [-0.2, 0) is 21.4 Å². The summed E-state index contributed by atoms with van der Waals surface area (Å²) in [6.07, 6.45) is 0.955. The van der Waals surface area contributed by atoms with Crippen molar-refractivity contribution >= 4 is 15.9 Å². The summed E-state index contributed by atoms with van der Waals surface area (Å²) in [5.74, 6) is -3.68. The molecule has 0 aromatic heterocycles. The van der Waals surface area contributed by atoms with Gasteiger partial charge in [0, 0.05) is 30.1 Å². The number of hydrogen-bond donors (Lipinski definition) is 1. The van der Waals surface area contributed by atoms with Crippen LogP contribution < -0.4 is 5.73 Å². The minimum absolute atomic E-state index is 0.0299. The summed E-state index contributed by atoms with van der Waals surface area (Å²) < 4.78 is 57.6.